The van der Waals surface area contributed by atoms with E-state index in [0.717, 1.165) is 37.2 Å². The Labute approximate surface area is 133 Å². The van der Waals surface area contributed by atoms with Crippen LogP contribution in [0.4, 0.5) is 0 Å². The smallest absolute Gasteiger partial charge is 0.220 e. The Kier molecular flexibility index (Phi) is 7.54. The summed E-state index contributed by atoms with van der Waals surface area (Å²) in [6.45, 7) is 4.16. The lowest BCUT2D eigenvalue weighted by atomic mass is 9.95. The minimum absolute atomic E-state index is 0. The molecule has 2 unspecified atom stereocenters. The van der Waals surface area contributed by atoms with Crippen LogP contribution in [0.1, 0.15) is 25.3 Å². The fraction of sp³-hybridized carbons (Fsp3) is 0.562. The SMILES string of the molecule is COc1cccc(CCC(=O)NC2CCNCC2C)c1.Cl. The maximum Gasteiger partial charge on any atom is 0.220 e. The van der Waals surface area contributed by atoms with E-state index >= 15 is 0 Å². The molecule has 1 aliphatic rings. The topological polar surface area (TPSA) is 50.4 Å². The summed E-state index contributed by atoms with van der Waals surface area (Å²) in [6.07, 6.45) is 2.30. The molecule has 0 bridgehead atoms. The van der Waals surface area contributed by atoms with Gasteiger partial charge in [0.05, 0.1) is 7.11 Å². The van der Waals surface area contributed by atoms with Crippen LogP contribution in [-0.4, -0.2) is 32.1 Å². The summed E-state index contributed by atoms with van der Waals surface area (Å²) in [5, 5.41) is 6.50. The number of aryl methyl sites for hydroxylation is 1. The second kappa shape index (κ2) is 8.90. The number of piperidine rings is 1. The van der Waals surface area contributed by atoms with E-state index < -0.39 is 0 Å². The zero-order chi connectivity index (χ0) is 14.4. The van der Waals surface area contributed by atoms with E-state index in [9.17, 15) is 4.79 Å². The molecule has 2 N–H and O–H groups in total. The van der Waals surface area contributed by atoms with Gasteiger partial charge in [-0.15, -0.1) is 12.4 Å². The van der Waals surface area contributed by atoms with Gasteiger partial charge in [-0.25, -0.2) is 0 Å². The van der Waals surface area contributed by atoms with Crippen LogP contribution in [0.3, 0.4) is 0 Å². The molecule has 1 saturated heterocycles. The van der Waals surface area contributed by atoms with Gasteiger partial charge in [0.15, 0.2) is 0 Å². The highest BCUT2D eigenvalue weighted by atomic mass is 35.5. The lowest BCUT2D eigenvalue weighted by molar-refractivity contribution is -0.122. The van der Waals surface area contributed by atoms with Crippen molar-refractivity contribution in [3.8, 4) is 5.75 Å². The monoisotopic (exact) mass is 312 g/mol. The van der Waals surface area contributed by atoms with Crippen molar-refractivity contribution in [2.75, 3.05) is 20.2 Å². The van der Waals surface area contributed by atoms with E-state index in [2.05, 4.69) is 17.6 Å². The van der Waals surface area contributed by atoms with Gasteiger partial charge in [0.2, 0.25) is 5.91 Å². The van der Waals surface area contributed by atoms with Crippen molar-refractivity contribution in [1.82, 2.24) is 10.6 Å². The quantitative estimate of drug-likeness (QED) is 0.876. The summed E-state index contributed by atoms with van der Waals surface area (Å²) in [5.74, 6) is 1.49. The Bertz CT molecular complexity index is 454. The summed E-state index contributed by atoms with van der Waals surface area (Å²) in [5.41, 5.74) is 1.14. The Balaban J connectivity index is 0.00000220. The van der Waals surface area contributed by atoms with Gasteiger partial charge in [0.25, 0.3) is 0 Å². The third kappa shape index (κ3) is 5.56. The molecule has 21 heavy (non-hydrogen) atoms. The van der Waals surface area contributed by atoms with Crippen LogP contribution in [-0.2, 0) is 11.2 Å². The Morgan fingerprint density at radius 3 is 3.00 bits per heavy atom. The van der Waals surface area contributed by atoms with Gasteiger partial charge in [-0.2, -0.15) is 0 Å². The fourth-order valence-electron chi connectivity index (χ4n) is 2.59. The molecule has 2 atom stereocenters. The summed E-state index contributed by atoms with van der Waals surface area (Å²) < 4.78 is 5.19. The molecule has 1 aromatic rings. The van der Waals surface area contributed by atoms with Crippen molar-refractivity contribution >= 4 is 18.3 Å². The Morgan fingerprint density at radius 1 is 1.48 bits per heavy atom. The van der Waals surface area contributed by atoms with Crippen molar-refractivity contribution in [3.63, 3.8) is 0 Å². The molecule has 1 aliphatic heterocycles. The number of amides is 1. The highest BCUT2D eigenvalue weighted by Gasteiger charge is 2.22. The van der Waals surface area contributed by atoms with Gasteiger partial charge in [-0.3, -0.25) is 4.79 Å². The van der Waals surface area contributed by atoms with Crippen LogP contribution in [0.2, 0.25) is 0 Å². The van der Waals surface area contributed by atoms with Crippen LogP contribution in [0.5, 0.6) is 5.75 Å². The summed E-state index contributed by atoms with van der Waals surface area (Å²) >= 11 is 0. The van der Waals surface area contributed by atoms with Crippen molar-refractivity contribution < 1.29 is 9.53 Å². The second-order valence-corrected chi connectivity index (χ2v) is 5.50. The van der Waals surface area contributed by atoms with Crippen molar-refractivity contribution in [3.05, 3.63) is 29.8 Å². The average molecular weight is 313 g/mol. The molecule has 1 fully saturated rings. The molecule has 0 aromatic heterocycles. The summed E-state index contributed by atoms with van der Waals surface area (Å²) in [7, 11) is 1.66. The summed E-state index contributed by atoms with van der Waals surface area (Å²) in [6, 6.07) is 8.21. The lowest BCUT2D eigenvalue weighted by Crippen LogP contribution is -2.48. The van der Waals surface area contributed by atoms with E-state index in [1.165, 1.54) is 0 Å². The van der Waals surface area contributed by atoms with Gasteiger partial charge in [-0.05, 0) is 49.5 Å². The third-order valence-corrected chi connectivity index (χ3v) is 3.91. The molecule has 1 aromatic carbocycles. The van der Waals surface area contributed by atoms with Crippen molar-refractivity contribution in [2.24, 2.45) is 5.92 Å². The Morgan fingerprint density at radius 2 is 2.29 bits per heavy atom. The zero-order valence-electron chi connectivity index (χ0n) is 12.7. The minimum atomic E-state index is 0. The van der Waals surface area contributed by atoms with Crippen LogP contribution in [0.25, 0.3) is 0 Å². The predicted octanol–water partition coefficient (Wildman–Crippen LogP) is 2.16. The zero-order valence-corrected chi connectivity index (χ0v) is 13.5. The van der Waals surface area contributed by atoms with Crippen LogP contribution in [0.15, 0.2) is 24.3 Å². The number of rotatable bonds is 5. The van der Waals surface area contributed by atoms with E-state index in [4.69, 9.17) is 4.74 Å². The fourth-order valence-corrected chi connectivity index (χ4v) is 2.59. The molecule has 0 aliphatic carbocycles. The van der Waals surface area contributed by atoms with Crippen molar-refractivity contribution in [2.45, 2.75) is 32.2 Å². The normalized spacial score (nSPS) is 21.2. The number of hydrogen-bond donors (Lipinski definition) is 2. The molecule has 2 rings (SSSR count). The first-order chi connectivity index (χ1) is 9.69. The number of nitrogens with one attached hydrogen (secondary N) is 2. The molecule has 0 saturated carbocycles. The number of hydrogen-bond acceptors (Lipinski definition) is 3. The largest absolute Gasteiger partial charge is 0.497 e. The minimum Gasteiger partial charge on any atom is -0.497 e. The molecule has 4 nitrogen and oxygen atoms in total. The highest BCUT2D eigenvalue weighted by molar-refractivity contribution is 5.85. The number of benzene rings is 1. The predicted molar refractivity (Wildman–Crippen MR) is 87.1 cm³/mol. The maximum atomic E-state index is 12.0. The molecular weight excluding hydrogens is 288 g/mol. The molecule has 0 radical (unpaired) electrons. The van der Waals surface area contributed by atoms with Crippen LogP contribution >= 0.6 is 12.4 Å². The molecule has 118 valence electrons. The number of ether oxygens (including phenoxy) is 1. The van der Waals surface area contributed by atoms with Gasteiger partial charge in [-0.1, -0.05) is 19.1 Å². The van der Waals surface area contributed by atoms with Crippen LogP contribution in [0, 0.1) is 5.92 Å². The van der Waals surface area contributed by atoms with E-state index in [1.54, 1.807) is 7.11 Å². The van der Waals surface area contributed by atoms with Gasteiger partial charge >= 0.3 is 0 Å². The molecule has 1 amide bonds. The van der Waals surface area contributed by atoms with E-state index in [0.29, 0.717) is 18.4 Å². The molecule has 0 spiro atoms. The number of carbonyl (C=O) groups excluding carboxylic acids is 1. The summed E-state index contributed by atoms with van der Waals surface area (Å²) in [4.78, 5) is 12.0. The van der Waals surface area contributed by atoms with Gasteiger partial charge < -0.3 is 15.4 Å². The maximum absolute atomic E-state index is 12.0. The lowest BCUT2D eigenvalue weighted by Gasteiger charge is -2.30. The first kappa shape index (κ1) is 17.8. The molecule has 5 heteroatoms. The van der Waals surface area contributed by atoms with Crippen LogP contribution < -0.4 is 15.4 Å². The van der Waals surface area contributed by atoms with Gasteiger partial charge in [0.1, 0.15) is 5.75 Å². The van der Waals surface area contributed by atoms with Crippen molar-refractivity contribution in [1.29, 1.82) is 0 Å². The molecule has 1 heterocycles. The standard InChI is InChI=1S/C16H24N2O2.ClH/c1-12-11-17-9-8-15(12)18-16(19)7-6-13-4-3-5-14(10-13)20-2;/h3-5,10,12,15,17H,6-9,11H2,1-2H3,(H,18,19);1H. The second-order valence-electron chi connectivity index (χ2n) is 5.50. The third-order valence-electron chi connectivity index (χ3n) is 3.91. The number of carbonyl (C=O) groups is 1. The van der Waals surface area contributed by atoms with E-state index in [-0.39, 0.29) is 18.3 Å². The average Bonchev–Trinajstić information content (AvgIpc) is 2.48. The molecular formula is C16H25ClN2O2. The van der Waals surface area contributed by atoms with Gasteiger partial charge in [0, 0.05) is 12.5 Å². The highest BCUT2D eigenvalue weighted by Crippen LogP contribution is 2.14. The number of methoxy groups -OCH3 is 1. The first-order valence-corrected chi connectivity index (χ1v) is 7.32. The van der Waals surface area contributed by atoms with E-state index in [1.807, 2.05) is 24.3 Å². The Hall–Kier alpha value is -1.26. The first-order valence-electron chi connectivity index (χ1n) is 7.32. The number of halogens is 1.